The highest BCUT2D eigenvalue weighted by molar-refractivity contribution is 6.10. The first-order valence-electron chi connectivity index (χ1n) is 13.6. The predicted molar refractivity (Wildman–Crippen MR) is 135 cm³/mol. The third kappa shape index (κ3) is 4.06. The lowest BCUT2D eigenvalue weighted by atomic mass is 9.48. The highest BCUT2D eigenvalue weighted by Crippen LogP contribution is 2.65. The molecule has 4 aliphatic carbocycles. The van der Waals surface area contributed by atoms with Crippen LogP contribution in [0, 0.1) is 46.3 Å². The number of hydrogen-bond acceptors (Lipinski definition) is 5. The smallest absolute Gasteiger partial charge is 0.312 e. The summed E-state index contributed by atoms with van der Waals surface area (Å²) < 4.78 is 4.87. The van der Waals surface area contributed by atoms with Gasteiger partial charge in [0.1, 0.15) is 0 Å². The molecule has 0 amide bonds. The number of ketones is 2. The van der Waals surface area contributed by atoms with E-state index in [-0.39, 0.29) is 58.1 Å². The molecule has 3 unspecified atom stereocenters. The van der Waals surface area contributed by atoms with Gasteiger partial charge in [0, 0.05) is 29.4 Å². The van der Waals surface area contributed by atoms with Gasteiger partial charge in [0.2, 0.25) is 0 Å². The molecule has 0 bridgehead atoms. The SMILES string of the molecule is C=C(CC[C@@H](C)[C@H]1CCC2C3=C(C(=O)C[C@@]21C)[C@@]1(C)CC[C@@H](O)[C@@H](C)C1CC3=O)C(C)C(=O)OC. The van der Waals surface area contributed by atoms with Gasteiger partial charge in [-0.05, 0) is 80.5 Å². The molecule has 0 aromatic rings. The largest absolute Gasteiger partial charge is 0.469 e. The van der Waals surface area contributed by atoms with Crippen LogP contribution >= 0.6 is 0 Å². The fourth-order valence-corrected chi connectivity index (χ4v) is 8.60. The number of rotatable bonds is 6. The van der Waals surface area contributed by atoms with Gasteiger partial charge >= 0.3 is 5.97 Å². The first-order valence-corrected chi connectivity index (χ1v) is 13.6. The summed E-state index contributed by atoms with van der Waals surface area (Å²) in [6.07, 6.45) is 5.71. The zero-order valence-electron chi connectivity index (χ0n) is 22.5. The molecule has 5 heteroatoms. The van der Waals surface area contributed by atoms with Gasteiger partial charge in [-0.25, -0.2) is 0 Å². The van der Waals surface area contributed by atoms with Crippen LogP contribution in [0.2, 0.25) is 0 Å². The third-order valence-electron chi connectivity index (χ3n) is 10.9. The second kappa shape index (κ2) is 9.28. The van der Waals surface area contributed by atoms with Gasteiger partial charge in [0.25, 0.3) is 0 Å². The molecule has 194 valence electrons. The van der Waals surface area contributed by atoms with Crippen LogP contribution in [-0.4, -0.2) is 35.9 Å². The lowest BCUT2D eigenvalue weighted by Gasteiger charge is -2.55. The second-order valence-corrected chi connectivity index (χ2v) is 12.7. The summed E-state index contributed by atoms with van der Waals surface area (Å²) in [5.74, 6) is 0.715. The second-order valence-electron chi connectivity index (χ2n) is 12.7. The quantitative estimate of drug-likeness (QED) is 0.400. The third-order valence-corrected chi connectivity index (χ3v) is 10.9. The Labute approximate surface area is 210 Å². The molecule has 9 atom stereocenters. The number of fused-ring (bicyclic) bond motifs is 4. The maximum absolute atomic E-state index is 13.9. The van der Waals surface area contributed by atoms with E-state index in [2.05, 4.69) is 27.4 Å². The molecule has 0 radical (unpaired) electrons. The summed E-state index contributed by atoms with van der Waals surface area (Å²) in [6.45, 7) is 14.7. The van der Waals surface area contributed by atoms with Crippen molar-refractivity contribution in [2.45, 2.75) is 92.1 Å². The topological polar surface area (TPSA) is 80.7 Å². The lowest BCUT2D eigenvalue weighted by molar-refractivity contribution is -0.143. The van der Waals surface area contributed by atoms with E-state index in [0.717, 1.165) is 48.8 Å². The van der Waals surface area contributed by atoms with Crippen LogP contribution < -0.4 is 0 Å². The number of methoxy groups -OCH3 is 1. The van der Waals surface area contributed by atoms with Crippen molar-refractivity contribution in [3.8, 4) is 0 Å². The van der Waals surface area contributed by atoms with Crippen molar-refractivity contribution in [3.05, 3.63) is 23.3 Å². The predicted octanol–water partition coefficient (Wildman–Crippen LogP) is 5.46. The number of hydrogen-bond donors (Lipinski definition) is 1. The molecule has 0 spiro atoms. The number of carbonyl (C=O) groups excluding carboxylic acids is 3. The maximum atomic E-state index is 13.9. The van der Waals surface area contributed by atoms with Gasteiger partial charge in [-0.15, -0.1) is 0 Å². The van der Waals surface area contributed by atoms with E-state index in [1.165, 1.54) is 7.11 Å². The van der Waals surface area contributed by atoms with Gasteiger partial charge in [0.15, 0.2) is 11.6 Å². The Kier molecular flexibility index (Phi) is 6.98. The number of allylic oxidation sites excluding steroid dienone is 2. The van der Waals surface area contributed by atoms with Crippen LogP contribution in [0.1, 0.15) is 86.0 Å². The monoisotopic (exact) mass is 484 g/mol. The van der Waals surface area contributed by atoms with Gasteiger partial charge in [-0.2, -0.15) is 0 Å². The molecule has 5 nitrogen and oxygen atoms in total. The normalized spacial score (nSPS) is 40.5. The molecular formula is C30H44O5. The number of aliphatic hydroxyl groups is 1. The highest BCUT2D eigenvalue weighted by Gasteiger charge is 2.61. The van der Waals surface area contributed by atoms with Crippen LogP contribution in [0.4, 0.5) is 0 Å². The van der Waals surface area contributed by atoms with Crippen molar-refractivity contribution in [1.29, 1.82) is 0 Å². The molecule has 0 aromatic carbocycles. The minimum atomic E-state index is -0.389. The summed E-state index contributed by atoms with van der Waals surface area (Å²) in [6, 6.07) is 0. The van der Waals surface area contributed by atoms with Gasteiger partial charge in [-0.3, -0.25) is 14.4 Å². The molecule has 2 fully saturated rings. The molecule has 0 aromatic heterocycles. The number of Topliss-reactive ketones (excluding diaryl/α,β-unsaturated/α-hetero) is 2. The van der Waals surface area contributed by atoms with E-state index in [1.807, 2.05) is 13.8 Å². The maximum Gasteiger partial charge on any atom is 0.312 e. The summed E-state index contributed by atoms with van der Waals surface area (Å²) in [7, 11) is 1.41. The van der Waals surface area contributed by atoms with Crippen LogP contribution in [-0.2, 0) is 19.1 Å². The fourth-order valence-electron chi connectivity index (χ4n) is 8.60. The molecule has 2 saturated carbocycles. The van der Waals surface area contributed by atoms with E-state index in [0.29, 0.717) is 31.1 Å². The number of ether oxygens (including phenoxy) is 1. The molecule has 1 N–H and O–H groups in total. The van der Waals surface area contributed by atoms with E-state index in [9.17, 15) is 19.5 Å². The zero-order chi connectivity index (χ0) is 25.9. The van der Waals surface area contributed by atoms with Gasteiger partial charge in [0.05, 0.1) is 19.1 Å². The van der Waals surface area contributed by atoms with Crippen molar-refractivity contribution < 1.29 is 24.2 Å². The standard InChI is InChI=1S/C30H44O5/c1-16(18(3)28(34)35-7)8-9-17(2)20-10-11-21-26-24(32)14-22-19(4)23(31)12-13-29(22,5)27(26)25(33)15-30(20,21)6/h17-23,31H,1,8-15H2,2-7H3/t17-,18?,19+,20-,21?,22?,23-,29+,30-/m1/s1. The van der Waals surface area contributed by atoms with Crippen molar-refractivity contribution in [1.82, 2.24) is 0 Å². The van der Waals surface area contributed by atoms with Crippen molar-refractivity contribution in [2.24, 2.45) is 46.3 Å². The summed E-state index contributed by atoms with van der Waals surface area (Å²) in [4.78, 5) is 39.4. The summed E-state index contributed by atoms with van der Waals surface area (Å²) in [5.41, 5.74) is 2.07. The fraction of sp³-hybridized carbons (Fsp3) is 0.767. The lowest BCUT2D eigenvalue weighted by Crippen LogP contribution is -2.53. The van der Waals surface area contributed by atoms with Gasteiger partial charge in [-0.1, -0.05) is 39.8 Å². The molecule has 0 aliphatic heterocycles. The Balaban J connectivity index is 1.58. The number of esters is 1. The van der Waals surface area contributed by atoms with E-state index in [4.69, 9.17) is 4.74 Å². The van der Waals surface area contributed by atoms with Gasteiger partial charge < -0.3 is 9.84 Å². The van der Waals surface area contributed by atoms with E-state index >= 15 is 0 Å². The van der Waals surface area contributed by atoms with Crippen molar-refractivity contribution in [3.63, 3.8) is 0 Å². The Morgan fingerprint density at radius 1 is 1.17 bits per heavy atom. The Morgan fingerprint density at radius 2 is 1.86 bits per heavy atom. The average Bonchev–Trinajstić information content (AvgIpc) is 3.16. The molecule has 0 heterocycles. The Morgan fingerprint density at radius 3 is 2.51 bits per heavy atom. The molecular weight excluding hydrogens is 440 g/mol. The first-order chi connectivity index (χ1) is 16.4. The molecule has 35 heavy (non-hydrogen) atoms. The zero-order valence-corrected chi connectivity index (χ0v) is 22.5. The molecule has 0 saturated heterocycles. The van der Waals surface area contributed by atoms with Crippen molar-refractivity contribution >= 4 is 17.5 Å². The average molecular weight is 485 g/mol. The Bertz CT molecular complexity index is 962. The molecule has 4 aliphatic rings. The van der Waals surface area contributed by atoms with E-state index < -0.39 is 0 Å². The summed E-state index contributed by atoms with van der Waals surface area (Å²) >= 11 is 0. The summed E-state index contributed by atoms with van der Waals surface area (Å²) in [5, 5.41) is 10.5. The number of carbonyl (C=O) groups is 3. The van der Waals surface area contributed by atoms with Crippen LogP contribution in [0.15, 0.2) is 23.3 Å². The van der Waals surface area contributed by atoms with Crippen LogP contribution in [0.5, 0.6) is 0 Å². The number of aliphatic hydroxyl groups excluding tert-OH is 1. The van der Waals surface area contributed by atoms with Crippen molar-refractivity contribution in [2.75, 3.05) is 7.11 Å². The van der Waals surface area contributed by atoms with Crippen LogP contribution in [0.25, 0.3) is 0 Å². The highest BCUT2D eigenvalue weighted by atomic mass is 16.5. The minimum Gasteiger partial charge on any atom is -0.469 e. The minimum absolute atomic E-state index is 0.0321. The molecule has 4 rings (SSSR count). The Hall–Kier alpha value is -1.75. The van der Waals surface area contributed by atoms with Crippen LogP contribution in [0.3, 0.4) is 0 Å². The first kappa shape index (κ1) is 26.3. The van der Waals surface area contributed by atoms with E-state index in [1.54, 1.807) is 0 Å².